The molecular formula is C15H27N5O. The fraction of sp³-hybridized carbons (Fsp3) is 0.800. The highest BCUT2D eigenvalue weighted by Crippen LogP contribution is 2.34. The molecule has 0 aromatic carbocycles. The van der Waals surface area contributed by atoms with Gasteiger partial charge in [0.1, 0.15) is 0 Å². The maximum Gasteiger partial charge on any atom is 0.323 e. The summed E-state index contributed by atoms with van der Waals surface area (Å²) in [7, 11) is 0. The van der Waals surface area contributed by atoms with Crippen molar-refractivity contribution >= 4 is 11.9 Å². The Balaban J connectivity index is 2.09. The second-order valence-corrected chi connectivity index (χ2v) is 5.89. The summed E-state index contributed by atoms with van der Waals surface area (Å²) in [5, 5.41) is 6.55. The molecule has 0 saturated heterocycles. The van der Waals surface area contributed by atoms with E-state index in [1.54, 1.807) is 0 Å². The first-order valence-electron chi connectivity index (χ1n) is 8.03. The van der Waals surface area contributed by atoms with Crippen LogP contribution in [0.5, 0.6) is 6.01 Å². The summed E-state index contributed by atoms with van der Waals surface area (Å²) in [6, 6.07) is 0.793. The zero-order valence-electron chi connectivity index (χ0n) is 13.5. The van der Waals surface area contributed by atoms with Gasteiger partial charge in [0.25, 0.3) is 0 Å². The summed E-state index contributed by atoms with van der Waals surface area (Å²) in [5.74, 6) is 2.04. The number of aromatic nitrogens is 3. The SMILES string of the molecule is CCNc1nc(NC(CC)CC2CC2)nc(OC(C)C)n1. The molecule has 0 radical (unpaired) electrons. The third-order valence-electron chi connectivity index (χ3n) is 3.43. The summed E-state index contributed by atoms with van der Waals surface area (Å²) < 4.78 is 5.61. The number of hydrogen-bond donors (Lipinski definition) is 2. The molecule has 0 spiro atoms. The molecule has 6 nitrogen and oxygen atoms in total. The van der Waals surface area contributed by atoms with E-state index in [9.17, 15) is 0 Å². The minimum Gasteiger partial charge on any atom is -0.461 e. The van der Waals surface area contributed by atoms with Gasteiger partial charge in [0.2, 0.25) is 11.9 Å². The molecule has 1 aromatic rings. The largest absolute Gasteiger partial charge is 0.461 e. The molecule has 1 aromatic heterocycles. The van der Waals surface area contributed by atoms with Crippen LogP contribution in [0.2, 0.25) is 0 Å². The maximum absolute atomic E-state index is 5.61. The molecule has 1 heterocycles. The number of nitrogens with one attached hydrogen (secondary N) is 2. The van der Waals surface area contributed by atoms with E-state index < -0.39 is 0 Å². The normalized spacial score (nSPS) is 15.9. The number of rotatable bonds is 9. The van der Waals surface area contributed by atoms with E-state index in [1.807, 2.05) is 20.8 Å². The fourth-order valence-electron chi connectivity index (χ4n) is 2.19. The van der Waals surface area contributed by atoms with E-state index in [1.165, 1.54) is 19.3 Å². The molecule has 118 valence electrons. The first-order chi connectivity index (χ1) is 10.1. The van der Waals surface area contributed by atoms with Gasteiger partial charge in [-0.2, -0.15) is 15.0 Å². The zero-order chi connectivity index (χ0) is 15.2. The Morgan fingerprint density at radius 1 is 1.14 bits per heavy atom. The van der Waals surface area contributed by atoms with E-state index in [0.717, 1.165) is 18.9 Å². The molecule has 1 aliphatic rings. The van der Waals surface area contributed by atoms with Gasteiger partial charge in [-0.25, -0.2) is 0 Å². The Kier molecular flexibility index (Phi) is 5.59. The van der Waals surface area contributed by atoms with Crippen molar-refractivity contribution in [1.82, 2.24) is 15.0 Å². The second kappa shape index (κ2) is 7.43. The Morgan fingerprint density at radius 3 is 2.43 bits per heavy atom. The predicted molar refractivity (Wildman–Crippen MR) is 84.8 cm³/mol. The molecule has 1 saturated carbocycles. The van der Waals surface area contributed by atoms with Crippen molar-refractivity contribution in [3.05, 3.63) is 0 Å². The molecule has 2 rings (SSSR count). The minimum atomic E-state index is 0.0446. The Morgan fingerprint density at radius 2 is 1.86 bits per heavy atom. The molecule has 1 aliphatic carbocycles. The number of ether oxygens (including phenoxy) is 1. The van der Waals surface area contributed by atoms with Crippen LogP contribution in [-0.2, 0) is 0 Å². The molecule has 0 bridgehead atoms. The third-order valence-corrected chi connectivity index (χ3v) is 3.43. The van der Waals surface area contributed by atoms with Gasteiger partial charge >= 0.3 is 6.01 Å². The lowest BCUT2D eigenvalue weighted by molar-refractivity contribution is 0.222. The van der Waals surface area contributed by atoms with E-state index in [2.05, 4.69) is 32.5 Å². The molecule has 6 heteroatoms. The van der Waals surface area contributed by atoms with E-state index in [-0.39, 0.29) is 6.10 Å². The number of anilines is 2. The van der Waals surface area contributed by atoms with Gasteiger partial charge in [0, 0.05) is 12.6 Å². The average Bonchev–Trinajstić information content (AvgIpc) is 3.21. The van der Waals surface area contributed by atoms with Crippen molar-refractivity contribution in [3.63, 3.8) is 0 Å². The molecule has 21 heavy (non-hydrogen) atoms. The highest BCUT2D eigenvalue weighted by atomic mass is 16.5. The van der Waals surface area contributed by atoms with Crippen molar-refractivity contribution in [3.8, 4) is 6.01 Å². The summed E-state index contributed by atoms with van der Waals surface area (Å²) in [6.45, 7) is 8.90. The lowest BCUT2D eigenvalue weighted by Gasteiger charge is -2.17. The van der Waals surface area contributed by atoms with Gasteiger partial charge in [-0.15, -0.1) is 0 Å². The lowest BCUT2D eigenvalue weighted by Crippen LogP contribution is -2.22. The van der Waals surface area contributed by atoms with Gasteiger partial charge in [0.15, 0.2) is 0 Å². The van der Waals surface area contributed by atoms with Gasteiger partial charge in [0.05, 0.1) is 6.10 Å². The second-order valence-electron chi connectivity index (χ2n) is 5.89. The summed E-state index contributed by atoms with van der Waals surface area (Å²) in [6.07, 6.45) is 5.03. The predicted octanol–water partition coefficient (Wildman–Crippen LogP) is 3.08. The van der Waals surface area contributed by atoms with Crippen molar-refractivity contribution in [1.29, 1.82) is 0 Å². The smallest absolute Gasteiger partial charge is 0.323 e. The van der Waals surface area contributed by atoms with Crippen molar-refractivity contribution in [2.24, 2.45) is 5.92 Å². The van der Waals surface area contributed by atoms with Crippen LogP contribution in [0.1, 0.15) is 53.4 Å². The Hall–Kier alpha value is -1.59. The molecule has 1 unspecified atom stereocenters. The fourth-order valence-corrected chi connectivity index (χ4v) is 2.19. The number of hydrogen-bond acceptors (Lipinski definition) is 6. The maximum atomic E-state index is 5.61. The van der Waals surface area contributed by atoms with Crippen molar-refractivity contribution < 1.29 is 4.74 Å². The zero-order valence-corrected chi connectivity index (χ0v) is 13.5. The van der Waals surface area contributed by atoms with E-state index in [4.69, 9.17) is 4.74 Å². The summed E-state index contributed by atoms with van der Waals surface area (Å²) in [5.41, 5.74) is 0. The van der Waals surface area contributed by atoms with E-state index in [0.29, 0.717) is 23.9 Å². The van der Waals surface area contributed by atoms with E-state index >= 15 is 0 Å². The van der Waals surface area contributed by atoms with Crippen molar-refractivity contribution in [2.45, 2.75) is 65.5 Å². The van der Waals surface area contributed by atoms with Crippen molar-refractivity contribution in [2.75, 3.05) is 17.2 Å². The summed E-state index contributed by atoms with van der Waals surface area (Å²) in [4.78, 5) is 13.1. The molecule has 1 fully saturated rings. The lowest BCUT2D eigenvalue weighted by atomic mass is 10.1. The van der Waals surface area contributed by atoms with Crippen LogP contribution in [-0.4, -0.2) is 33.6 Å². The first kappa shape index (κ1) is 15.8. The third kappa shape index (κ3) is 5.36. The molecule has 1 atom stereocenters. The minimum absolute atomic E-state index is 0.0446. The Labute approximate surface area is 127 Å². The average molecular weight is 293 g/mol. The molecule has 0 aliphatic heterocycles. The standard InChI is InChI=1S/C15H27N5O/c1-5-12(9-11-7-8-11)17-14-18-13(16-6-2)19-15(20-14)21-10(3)4/h10-12H,5-9H2,1-4H3,(H2,16,17,18,19,20). The first-order valence-corrected chi connectivity index (χ1v) is 8.03. The molecular weight excluding hydrogens is 266 g/mol. The van der Waals surface area contributed by atoms with Gasteiger partial charge in [-0.05, 0) is 39.5 Å². The van der Waals surface area contributed by atoms with Gasteiger partial charge in [-0.1, -0.05) is 19.8 Å². The topological polar surface area (TPSA) is 72.0 Å². The number of nitrogens with zero attached hydrogens (tertiary/aromatic N) is 3. The molecule has 2 N–H and O–H groups in total. The van der Waals surface area contributed by atoms with Crippen LogP contribution in [0, 0.1) is 5.92 Å². The van der Waals surface area contributed by atoms with Gasteiger partial charge in [-0.3, -0.25) is 0 Å². The quantitative estimate of drug-likeness (QED) is 0.729. The highest BCUT2D eigenvalue weighted by Gasteiger charge is 2.25. The van der Waals surface area contributed by atoms with Crippen LogP contribution < -0.4 is 15.4 Å². The monoisotopic (exact) mass is 293 g/mol. The van der Waals surface area contributed by atoms with Crippen LogP contribution in [0.3, 0.4) is 0 Å². The summed E-state index contributed by atoms with van der Waals surface area (Å²) >= 11 is 0. The molecule has 0 amide bonds. The highest BCUT2D eigenvalue weighted by molar-refractivity contribution is 5.36. The van der Waals surface area contributed by atoms with Crippen LogP contribution >= 0.6 is 0 Å². The Bertz CT molecular complexity index is 448. The van der Waals surface area contributed by atoms with Crippen LogP contribution in [0.4, 0.5) is 11.9 Å². The van der Waals surface area contributed by atoms with Crippen LogP contribution in [0.25, 0.3) is 0 Å². The van der Waals surface area contributed by atoms with Crippen LogP contribution in [0.15, 0.2) is 0 Å². The van der Waals surface area contributed by atoms with Gasteiger partial charge < -0.3 is 15.4 Å².